The smallest absolute Gasteiger partial charge is 0.409 e. The highest BCUT2D eigenvalue weighted by Crippen LogP contribution is 2.25. The van der Waals surface area contributed by atoms with Gasteiger partial charge in [0.05, 0.1) is 0 Å². The summed E-state index contributed by atoms with van der Waals surface area (Å²) in [5, 5.41) is 2.92. The van der Waals surface area contributed by atoms with Gasteiger partial charge in [0.1, 0.15) is 0 Å². The quantitative estimate of drug-likeness (QED) is 0.853. The first kappa shape index (κ1) is 14.5. The van der Waals surface area contributed by atoms with Crippen molar-refractivity contribution >= 4 is 6.09 Å². The van der Waals surface area contributed by atoms with E-state index in [-0.39, 0.29) is 6.04 Å². The van der Waals surface area contributed by atoms with Crippen LogP contribution in [0.15, 0.2) is 30.3 Å². The molecule has 1 saturated carbocycles. The number of alkyl carbamates (subject to hydrolysis) is 1. The summed E-state index contributed by atoms with van der Waals surface area (Å²) in [6.45, 7) is 1.74. The van der Waals surface area contributed by atoms with Gasteiger partial charge in [0.15, 0.2) is 5.60 Å². The van der Waals surface area contributed by atoms with Gasteiger partial charge in [0.25, 0.3) is 0 Å². The highest BCUT2D eigenvalue weighted by atomic mass is 16.6. The van der Waals surface area contributed by atoms with Crippen molar-refractivity contribution in [1.82, 2.24) is 5.32 Å². The molecule has 1 aliphatic carbocycles. The summed E-state index contributed by atoms with van der Waals surface area (Å²) in [5.74, 6) is 2.58. The molecule has 1 N–H and O–H groups in total. The third-order valence-electron chi connectivity index (χ3n) is 3.82. The summed E-state index contributed by atoms with van der Waals surface area (Å²) in [5.41, 5.74) is -0.221. The first-order valence-corrected chi connectivity index (χ1v) is 7.17. The molecule has 3 nitrogen and oxygen atoms in total. The third kappa shape index (κ3) is 3.54. The zero-order valence-corrected chi connectivity index (χ0v) is 11.9. The lowest BCUT2D eigenvalue weighted by molar-refractivity contribution is 0.0607. The Morgan fingerprint density at radius 3 is 2.55 bits per heavy atom. The van der Waals surface area contributed by atoms with Crippen molar-refractivity contribution in [2.45, 2.75) is 50.7 Å². The number of nitrogens with one attached hydrogen (secondary N) is 1. The first-order chi connectivity index (χ1) is 9.64. The van der Waals surface area contributed by atoms with E-state index in [0.29, 0.717) is 0 Å². The molecule has 0 aromatic heterocycles. The largest absolute Gasteiger partial charge is 0.426 e. The second-order valence-corrected chi connectivity index (χ2v) is 5.41. The molecular weight excluding hydrogens is 250 g/mol. The van der Waals surface area contributed by atoms with Gasteiger partial charge in [0, 0.05) is 11.6 Å². The molecule has 0 unspecified atom stereocenters. The summed E-state index contributed by atoms with van der Waals surface area (Å²) in [6, 6.07) is 9.62. The SMILES string of the molecule is C#C[C@@](C)(OC(=O)NC1CCCCC1)c1ccccc1. The fourth-order valence-corrected chi connectivity index (χ4v) is 2.56. The molecule has 0 spiro atoms. The molecular formula is C17H21NO2. The molecule has 1 amide bonds. The second-order valence-electron chi connectivity index (χ2n) is 5.41. The predicted molar refractivity (Wildman–Crippen MR) is 79.1 cm³/mol. The minimum absolute atomic E-state index is 0.217. The standard InChI is InChI=1S/C17H21NO2/c1-3-17(2,14-10-6-4-7-11-14)20-16(19)18-15-12-8-5-9-13-15/h1,4,6-7,10-11,15H,5,8-9,12-13H2,2H3,(H,18,19)/t17-/m1/s1. The molecule has 3 heteroatoms. The van der Waals surface area contributed by atoms with Crippen LogP contribution in [0, 0.1) is 12.3 Å². The van der Waals surface area contributed by atoms with Gasteiger partial charge in [-0.3, -0.25) is 0 Å². The maximum atomic E-state index is 12.0. The minimum Gasteiger partial charge on any atom is -0.426 e. The number of hydrogen-bond donors (Lipinski definition) is 1. The molecule has 0 aliphatic heterocycles. The van der Waals surface area contributed by atoms with Crippen molar-refractivity contribution < 1.29 is 9.53 Å². The van der Waals surface area contributed by atoms with E-state index in [1.54, 1.807) is 6.92 Å². The van der Waals surface area contributed by atoms with Crippen molar-refractivity contribution in [3.8, 4) is 12.3 Å². The lowest BCUT2D eigenvalue weighted by atomic mass is 9.95. The van der Waals surface area contributed by atoms with Crippen molar-refractivity contribution in [3.63, 3.8) is 0 Å². The Hall–Kier alpha value is -1.95. The lowest BCUT2D eigenvalue weighted by Gasteiger charge is -2.27. The molecule has 0 radical (unpaired) electrons. The number of terminal acetylenes is 1. The van der Waals surface area contributed by atoms with E-state index in [0.717, 1.165) is 31.2 Å². The highest BCUT2D eigenvalue weighted by molar-refractivity contribution is 5.69. The van der Waals surface area contributed by atoms with Gasteiger partial charge in [-0.25, -0.2) is 4.79 Å². The van der Waals surface area contributed by atoms with Crippen LogP contribution in [-0.2, 0) is 10.3 Å². The fraction of sp³-hybridized carbons (Fsp3) is 0.471. The van der Waals surface area contributed by atoms with Crippen LogP contribution < -0.4 is 5.32 Å². The van der Waals surface area contributed by atoms with Crippen LogP contribution in [0.4, 0.5) is 4.79 Å². The number of benzene rings is 1. The first-order valence-electron chi connectivity index (χ1n) is 7.17. The van der Waals surface area contributed by atoms with E-state index < -0.39 is 11.7 Å². The average Bonchev–Trinajstić information content (AvgIpc) is 2.49. The number of carbonyl (C=O) groups is 1. The Bertz CT molecular complexity index is 485. The van der Waals surface area contributed by atoms with Gasteiger partial charge >= 0.3 is 6.09 Å². The Balaban J connectivity index is 1.99. The molecule has 20 heavy (non-hydrogen) atoms. The zero-order valence-electron chi connectivity index (χ0n) is 11.9. The van der Waals surface area contributed by atoms with Crippen LogP contribution in [-0.4, -0.2) is 12.1 Å². The minimum atomic E-state index is -1.03. The summed E-state index contributed by atoms with van der Waals surface area (Å²) in [7, 11) is 0. The third-order valence-corrected chi connectivity index (χ3v) is 3.82. The Labute approximate surface area is 120 Å². The maximum Gasteiger partial charge on any atom is 0.409 e. The van der Waals surface area contributed by atoms with E-state index >= 15 is 0 Å². The lowest BCUT2D eigenvalue weighted by Crippen LogP contribution is -2.40. The van der Waals surface area contributed by atoms with Crippen molar-refractivity contribution in [1.29, 1.82) is 0 Å². The van der Waals surface area contributed by atoms with Crippen molar-refractivity contribution in [2.75, 3.05) is 0 Å². The molecule has 1 aromatic rings. The van der Waals surface area contributed by atoms with Crippen LogP contribution >= 0.6 is 0 Å². The van der Waals surface area contributed by atoms with E-state index in [1.807, 2.05) is 30.3 Å². The van der Waals surface area contributed by atoms with E-state index in [2.05, 4.69) is 11.2 Å². The summed E-state index contributed by atoms with van der Waals surface area (Å²) in [4.78, 5) is 12.0. The van der Waals surface area contributed by atoms with Crippen molar-refractivity contribution in [3.05, 3.63) is 35.9 Å². The van der Waals surface area contributed by atoms with E-state index in [9.17, 15) is 4.79 Å². The molecule has 0 bridgehead atoms. The van der Waals surface area contributed by atoms with Gasteiger partial charge < -0.3 is 10.1 Å². The molecule has 1 atom stereocenters. The molecule has 1 aliphatic rings. The number of amides is 1. The van der Waals surface area contributed by atoms with Crippen LogP contribution in [0.25, 0.3) is 0 Å². The topological polar surface area (TPSA) is 38.3 Å². The second kappa shape index (κ2) is 6.47. The number of hydrogen-bond acceptors (Lipinski definition) is 2. The number of carbonyl (C=O) groups excluding carboxylic acids is 1. The molecule has 1 aromatic carbocycles. The van der Waals surface area contributed by atoms with Gasteiger partial charge in [-0.05, 0) is 19.8 Å². The van der Waals surface area contributed by atoms with Gasteiger partial charge in [-0.15, -0.1) is 6.42 Å². The van der Waals surface area contributed by atoms with Crippen LogP contribution in [0.1, 0.15) is 44.6 Å². The van der Waals surface area contributed by atoms with Crippen LogP contribution in [0.5, 0.6) is 0 Å². The van der Waals surface area contributed by atoms with E-state index in [4.69, 9.17) is 11.2 Å². The molecule has 106 valence electrons. The molecule has 0 heterocycles. The monoisotopic (exact) mass is 271 g/mol. The molecule has 1 fully saturated rings. The maximum absolute atomic E-state index is 12.0. The average molecular weight is 271 g/mol. The van der Waals surface area contributed by atoms with Crippen LogP contribution in [0.2, 0.25) is 0 Å². The summed E-state index contributed by atoms with van der Waals surface area (Å²) < 4.78 is 5.49. The summed E-state index contributed by atoms with van der Waals surface area (Å²) >= 11 is 0. The Kier molecular flexibility index (Phi) is 4.68. The van der Waals surface area contributed by atoms with Gasteiger partial charge in [0.2, 0.25) is 0 Å². The van der Waals surface area contributed by atoms with Gasteiger partial charge in [-0.2, -0.15) is 0 Å². The number of rotatable bonds is 3. The summed E-state index contributed by atoms with van der Waals surface area (Å²) in [6.07, 6.45) is 10.8. The fourth-order valence-electron chi connectivity index (χ4n) is 2.56. The van der Waals surface area contributed by atoms with Gasteiger partial charge in [-0.1, -0.05) is 55.5 Å². The Morgan fingerprint density at radius 1 is 1.30 bits per heavy atom. The highest BCUT2D eigenvalue weighted by Gasteiger charge is 2.29. The number of ether oxygens (including phenoxy) is 1. The predicted octanol–water partition coefficient (Wildman–Crippen LogP) is 3.59. The zero-order chi connectivity index (χ0) is 14.4. The molecule has 2 rings (SSSR count). The van der Waals surface area contributed by atoms with Crippen LogP contribution in [0.3, 0.4) is 0 Å². The van der Waals surface area contributed by atoms with Crippen molar-refractivity contribution in [2.24, 2.45) is 0 Å². The Morgan fingerprint density at radius 2 is 1.95 bits per heavy atom. The normalized spacial score (nSPS) is 18.6. The molecule has 0 saturated heterocycles. The van der Waals surface area contributed by atoms with E-state index in [1.165, 1.54) is 6.42 Å².